The van der Waals surface area contributed by atoms with Crippen LogP contribution in [-0.4, -0.2) is 40.2 Å². The first-order valence-electron chi connectivity index (χ1n) is 9.28. The minimum Gasteiger partial charge on any atom is -0.508 e. The number of fused-ring (bicyclic) bond motifs is 2. The zero-order valence-corrected chi connectivity index (χ0v) is 16.7. The molecule has 3 aromatic rings. The number of anilines is 3. The largest absolute Gasteiger partial charge is 0.508 e. The van der Waals surface area contributed by atoms with Gasteiger partial charge in [-0.15, -0.1) is 11.3 Å². The fraction of sp³-hybridized carbons (Fsp3) is 0.300. The molecule has 0 aliphatic carbocycles. The van der Waals surface area contributed by atoms with E-state index in [0.29, 0.717) is 22.9 Å². The van der Waals surface area contributed by atoms with Crippen LogP contribution < -0.4 is 15.5 Å². The highest BCUT2D eigenvalue weighted by molar-refractivity contribution is 7.14. The molecule has 3 N–H and O–H groups in total. The summed E-state index contributed by atoms with van der Waals surface area (Å²) >= 11 is 7.78. The van der Waals surface area contributed by atoms with Gasteiger partial charge in [0.25, 0.3) is 0 Å². The Morgan fingerprint density at radius 1 is 1.14 bits per heavy atom. The van der Waals surface area contributed by atoms with Crippen LogP contribution in [0.25, 0.3) is 11.3 Å². The fourth-order valence-electron chi connectivity index (χ4n) is 4.26. The highest BCUT2D eigenvalue weighted by atomic mass is 35.5. The van der Waals surface area contributed by atoms with Crippen LogP contribution in [0.1, 0.15) is 12.8 Å². The van der Waals surface area contributed by atoms with Crippen molar-refractivity contribution in [2.45, 2.75) is 24.9 Å². The Kier molecular flexibility index (Phi) is 4.29. The van der Waals surface area contributed by atoms with Crippen molar-refractivity contribution in [1.82, 2.24) is 9.97 Å². The second-order valence-corrected chi connectivity index (χ2v) is 8.55. The van der Waals surface area contributed by atoms with Crippen molar-refractivity contribution < 1.29 is 5.11 Å². The van der Waals surface area contributed by atoms with Gasteiger partial charge in [0.2, 0.25) is 0 Å². The number of aromatic hydroxyl groups is 1. The topological polar surface area (TPSA) is 78.5 Å². The van der Waals surface area contributed by atoms with E-state index in [1.807, 2.05) is 18.2 Å². The number of rotatable bonds is 3. The molecule has 144 valence electrons. The molecule has 4 heterocycles. The van der Waals surface area contributed by atoms with Gasteiger partial charge in [0.1, 0.15) is 10.9 Å². The fourth-order valence-corrected chi connectivity index (χ4v) is 5.39. The highest BCUT2D eigenvalue weighted by Crippen LogP contribution is 2.40. The summed E-state index contributed by atoms with van der Waals surface area (Å²) in [5.41, 5.74) is 9.76. The van der Waals surface area contributed by atoms with Crippen LogP contribution in [-0.2, 0) is 0 Å². The summed E-state index contributed by atoms with van der Waals surface area (Å²) in [6.07, 6.45) is 3.93. The lowest BCUT2D eigenvalue weighted by atomic mass is 10.1. The number of benzene rings is 1. The van der Waals surface area contributed by atoms with Crippen molar-refractivity contribution in [2.75, 3.05) is 28.6 Å². The molecular weight excluding hydrogens is 394 g/mol. The predicted octanol–water partition coefficient (Wildman–Crippen LogP) is 4.00. The number of pyridine rings is 1. The summed E-state index contributed by atoms with van der Waals surface area (Å²) in [7, 11) is 0. The van der Waals surface area contributed by atoms with Gasteiger partial charge < -0.3 is 20.6 Å². The van der Waals surface area contributed by atoms with Gasteiger partial charge in [0, 0.05) is 42.2 Å². The minimum absolute atomic E-state index is 0.267. The van der Waals surface area contributed by atoms with Gasteiger partial charge in [-0.05, 0) is 37.1 Å². The smallest absolute Gasteiger partial charge is 0.186 e. The van der Waals surface area contributed by atoms with Crippen LogP contribution in [0.4, 0.5) is 16.5 Å². The van der Waals surface area contributed by atoms with Gasteiger partial charge >= 0.3 is 0 Å². The van der Waals surface area contributed by atoms with Gasteiger partial charge in [-0.1, -0.05) is 11.6 Å². The second kappa shape index (κ2) is 6.83. The molecule has 6 nitrogen and oxygen atoms in total. The molecule has 2 aliphatic rings. The number of hydrogen-bond acceptors (Lipinski definition) is 7. The first-order chi connectivity index (χ1) is 13.6. The van der Waals surface area contributed by atoms with Gasteiger partial charge in [0.05, 0.1) is 23.3 Å². The molecular formula is C20H20ClN5OS. The Labute approximate surface area is 172 Å². The number of phenols is 1. The van der Waals surface area contributed by atoms with E-state index in [4.69, 9.17) is 22.3 Å². The number of nitrogens with zero attached hydrogens (tertiary/aromatic N) is 4. The van der Waals surface area contributed by atoms with E-state index < -0.39 is 0 Å². The maximum Gasteiger partial charge on any atom is 0.186 e. The highest BCUT2D eigenvalue weighted by Gasteiger charge is 2.41. The molecule has 0 amide bonds. The number of hydrogen-bond donors (Lipinski definition) is 2. The predicted molar refractivity (Wildman–Crippen MR) is 114 cm³/mol. The van der Waals surface area contributed by atoms with E-state index in [2.05, 4.69) is 20.2 Å². The zero-order chi connectivity index (χ0) is 19.3. The molecule has 2 fully saturated rings. The first-order valence-corrected chi connectivity index (χ1v) is 10.5. The third-order valence-corrected chi connectivity index (χ3v) is 6.64. The third-order valence-electron chi connectivity index (χ3n) is 5.58. The number of nitrogen functional groups attached to an aromatic ring is 1. The average Bonchev–Trinajstić information content (AvgIpc) is 3.26. The van der Waals surface area contributed by atoms with Crippen LogP contribution in [0.15, 0.2) is 41.9 Å². The van der Waals surface area contributed by atoms with Crippen molar-refractivity contribution in [1.29, 1.82) is 0 Å². The Morgan fingerprint density at radius 3 is 2.57 bits per heavy atom. The van der Waals surface area contributed by atoms with E-state index in [9.17, 15) is 5.11 Å². The molecule has 0 saturated carbocycles. The summed E-state index contributed by atoms with van der Waals surface area (Å²) in [5, 5.41) is 13.1. The molecule has 2 saturated heterocycles. The third kappa shape index (κ3) is 3.04. The number of phenolic OH excluding ortho intramolecular Hbond substituents is 1. The number of thiazole rings is 1. The van der Waals surface area contributed by atoms with E-state index in [0.717, 1.165) is 48.0 Å². The lowest BCUT2D eigenvalue weighted by molar-refractivity contribution is 0.475. The molecule has 1 aromatic carbocycles. The SMILES string of the molecule is Nc1cnc(Cl)cc1N1CC2CCC(C1)N2c1nc(-c2ccc(O)cc2)cs1. The molecule has 5 rings (SSSR count). The van der Waals surface area contributed by atoms with E-state index in [1.54, 1.807) is 29.7 Å². The van der Waals surface area contributed by atoms with Crippen molar-refractivity contribution in [3.63, 3.8) is 0 Å². The monoisotopic (exact) mass is 413 g/mol. The van der Waals surface area contributed by atoms with Crippen LogP contribution in [0.5, 0.6) is 5.75 Å². The van der Waals surface area contributed by atoms with Crippen molar-refractivity contribution in [3.05, 3.63) is 47.1 Å². The van der Waals surface area contributed by atoms with Gasteiger partial charge in [-0.3, -0.25) is 0 Å². The van der Waals surface area contributed by atoms with Crippen LogP contribution in [0, 0.1) is 0 Å². The first kappa shape index (κ1) is 17.6. The van der Waals surface area contributed by atoms with E-state index >= 15 is 0 Å². The van der Waals surface area contributed by atoms with E-state index in [1.165, 1.54) is 0 Å². The summed E-state index contributed by atoms with van der Waals surface area (Å²) < 4.78 is 0. The maximum atomic E-state index is 9.49. The standard InChI is InChI=1S/C20H20ClN5OS/c21-19-7-18(16(22)8-23-19)25-9-13-3-4-14(10-25)26(13)20-24-17(11-28-20)12-1-5-15(27)6-2-12/h1-2,5-8,11,13-14,27H,3-4,9-10,22H2. The Hall–Kier alpha value is -2.51. The molecule has 2 bridgehead atoms. The Bertz CT molecular complexity index is 994. The molecule has 28 heavy (non-hydrogen) atoms. The van der Waals surface area contributed by atoms with Gasteiger partial charge in [-0.2, -0.15) is 0 Å². The summed E-state index contributed by atoms with van der Waals surface area (Å²) in [6.45, 7) is 1.80. The van der Waals surface area contributed by atoms with Gasteiger partial charge in [0.15, 0.2) is 5.13 Å². The molecule has 0 radical (unpaired) electrons. The number of piperazine rings is 1. The normalized spacial score (nSPS) is 21.3. The number of nitrogens with two attached hydrogens (primary N) is 1. The Morgan fingerprint density at radius 2 is 1.86 bits per heavy atom. The zero-order valence-electron chi connectivity index (χ0n) is 15.1. The number of halogens is 1. The van der Waals surface area contributed by atoms with Crippen molar-refractivity contribution in [2.24, 2.45) is 0 Å². The molecule has 2 unspecified atom stereocenters. The van der Waals surface area contributed by atoms with Crippen LogP contribution >= 0.6 is 22.9 Å². The van der Waals surface area contributed by atoms with Crippen molar-refractivity contribution in [3.8, 4) is 17.0 Å². The lowest BCUT2D eigenvalue weighted by Gasteiger charge is -2.42. The summed E-state index contributed by atoms with van der Waals surface area (Å²) in [4.78, 5) is 13.8. The molecule has 0 spiro atoms. The van der Waals surface area contributed by atoms with E-state index in [-0.39, 0.29) is 5.75 Å². The number of aromatic nitrogens is 2. The molecule has 2 atom stereocenters. The minimum atomic E-state index is 0.267. The van der Waals surface area contributed by atoms with Crippen LogP contribution in [0.3, 0.4) is 0 Å². The molecule has 8 heteroatoms. The maximum absolute atomic E-state index is 9.49. The van der Waals surface area contributed by atoms with Crippen molar-refractivity contribution >= 4 is 39.4 Å². The summed E-state index contributed by atoms with van der Waals surface area (Å²) in [6, 6.07) is 9.86. The second-order valence-electron chi connectivity index (χ2n) is 7.33. The lowest BCUT2D eigenvalue weighted by Crippen LogP contribution is -2.54. The molecule has 2 aliphatic heterocycles. The Balaban J connectivity index is 1.39. The van der Waals surface area contributed by atoms with Gasteiger partial charge in [-0.25, -0.2) is 9.97 Å². The quantitative estimate of drug-likeness (QED) is 0.632. The summed E-state index contributed by atoms with van der Waals surface area (Å²) in [5.74, 6) is 0.267. The molecule has 2 aromatic heterocycles. The average molecular weight is 414 g/mol. The van der Waals surface area contributed by atoms with Crippen LogP contribution in [0.2, 0.25) is 5.15 Å².